The van der Waals surface area contributed by atoms with Crippen LogP contribution >= 0.6 is 0 Å². The molecule has 0 aliphatic carbocycles. The first-order valence-corrected chi connectivity index (χ1v) is 14.1. The van der Waals surface area contributed by atoms with Gasteiger partial charge in [-0.1, -0.05) is 75.8 Å². The fourth-order valence-corrected chi connectivity index (χ4v) is 4.53. The molecule has 6 nitrogen and oxygen atoms in total. The molecule has 0 aromatic rings. The van der Waals surface area contributed by atoms with Gasteiger partial charge in [0.05, 0.1) is 24.4 Å². The molecule has 0 aromatic heterocycles. The second-order valence-electron chi connectivity index (χ2n) is 11.2. The minimum Gasteiger partial charge on any atom is -0.458 e. The maximum atomic E-state index is 13.0. The van der Waals surface area contributed by atoms with Crippen molar-refractivity contribution in [1.82, 2.24) is 0 Å². The van der Waals surface area contributed by atoms with Crippen LogP contribution in [0.25, 0.3) is 0 Å². The average molecular weight is 533 g/mol. The van der Waals surface area contributed by atoms with Crippen LogP contribution in [0.5, 0.6) is 0 Å². The molecule has 0 bridgehead atoms. The lowest BCUT2D eigenvalue weighted by molar-refractivity contribution is -0.146. The van der Waals surface area contributed by atoms with Crippen LogP contribution in [-0.4, -0.2) is 56.9 Å². The molecule has 0 saturated carbocycles. The summed E-state index contributed by atoms with van der Waals surface area (Å²) in [6.07, 6.45) is 15.7. The molecule has 4 N–H and O–H groups in total. The first-order valence-electron chi connectivity index (χ1n) is 14.1. The molecule has 6 heteroatoms. The Morgan fingerprint density at radius 1 is 0.947 bits per heavy atom. The lowest BCUT2D eigenvalue weighted by atomic mass is 9.84. The van der Waals surface area contributed by atoms with E-state index in [0.717, 1.165) is 18.4 Å². The van der Waals surface area contributed by atoms with E-state index in [0.29, 0.717) is 24.8 Å². The Bertz CT molecular complexity index is 852. The molecule has 0 fully saturated rings. The number of aliphatic hydroxyl groups excluding tert-OH is 4. The first-order chi connectivity index (χ1) is 17.8. The van der Waals surface area contributed by atoms with Gasteiger partial charge in [0, 0.05) is 29.7 Å². The fraction of sp³-hybridized carbons (Fsp3) is 0.656. The van der Waals surface area contributed by atoms with E-state index in [4.69, 9.17) is 4.74 Å². The largest absolute Gasteiger partial charge is 0.458 e. The highest BCUT2D eigenvalue weighted by Crippen LogP contribution is 2.26. The molecule has 0 aromatic carbocycles. The minimum absolute atomic E-state index is 0.0175. The number of ether oxygens (including phenoxy) is 1. The van der Waals surface area contributed by atoms with Crippen molar-refractivity contribution in [2.45, 2.75) is 111 Å². The van der Waals surface area contributed by atoms with Gasteiger partial charge in [-0.25, -0.2) is 4.79 Å². The summed E-state index contributed by atoms with van der Waals surface area (Å²) in [6.45, 7) is 12.8. The van der Waals surface area contributed by atoms with Crippen LogP contribution in [0.2, 0.25) is 0 Å². The summed E-state index contributed by atoms with van der Waals surface area (Å²) in [7, 11) is 0. The summed E-state index contributed by atoms with van der Waals surface area (Å²) in [4.78, 5) is 13.0. The SMILES string of the molecule is CC1=CC(C)C(O)C=CCCC=CC=CCC(C(C)CCC(O)C(C)C(O)C(C)C(C)O)OC(=O)C(C)=C1. The van der Waals surface area contributed by atoms with Crippen LogP contribution in [0.4, 0.5) is 0 Å². The highest BCUT2D eigenvalue weighted by molar-refractivity contribution is 5.88. The van der Waals surface area contributed by atoms with Gasteiger partial charge < -0.3 is 25.2 Å². The van der Waals surface area contributed by atoms with E-state index in [1.807, 2.05) is 57.2 Å². The molecule has 0 amide bonds. The third kappa shape index (κ3) is 12.2. The van der Waals surface area contributed by atoms with Crippen LogP contribution in [0, 0.1) is 23.7 Å². The normalized spacial score (nSPS) is 27.1. The molecule has 1 aliphatic heterocycles. The van der Waals surface area contributed by atoms with Crippen molar-refractivity contribution < 1.29 is 30.0 Å². The molecule has 9 unspecified atom stereocenters. The molecule has 0 saturated heterocycles. The van der Waals surface area contributed by atoms with Crippen LogP contribution in [0.3, 0.4) is 0 Å². The number of allylic oxidation sites excluding steroid dienone is 6. The first kappa shape index (κ1) is 34.0. The van der Waals surface area contributed by atoms with E-state index < -0.39 is 24.4 Å². The maximum Gasteiger partial charge on any atom is 0.334 e. The molecular weight excluding hydrogens is 480 g/mol. The molecule has 9 atom stereocenters. The Hall–Kier alpha value is -1.99. The number of hydrogen-bond acceptors (Lipinski definition) is 6. The zero-order valence-electron chi connectivity index (χ0n) is 24.5. The van der Waals surface area contributed by atoms with E-state index in [1.165, 1.54) is 0 Å². The van der Waals surface area contributed by atoms with E-state index in [1.54, 1.807) is 33.8 Å². The molecule has 38 heavy (non-hydrogen) atoms. The third-order valence-corrected chi connectivity index (χ3v) is 7.67. The summed E-state index contributed by atoms with van der Waals surface area (Å²) in [6, 6.07) is 0. The van der Waals surface area contributed by atoms with Crippen molar-refractivity contribution in [2.24, 2.45) is 23.7 Å². The van der Waals surface area contributed by atoms with Gasteiger partial charge in [-0.15, -0.1) is 0 Å². The Balaban J connectivity index is 3.01. The fourth-order valence-electron chi connectivity index (χ4n) is 4.53. The average Bonchev–Trinajstić information content (AvgIpc) is 2.87. The standard InChI is InChI=1S/C32H52O6/c1-21-19-23(3)28(34)15-13-11-9-8-10-12-14-16-30(38-32(37)24(4)20-21)22(2)17-18-29(35)26(6)31(36)25(5)27(7)33/h8,10,12-15,19-20,22-23,25-31,33-36H,9,11,16-18H2,1-7H3. The topological polar surface area (TPSA) is 107 Å². The Kier molecular flexibility index (Phi) is 15.7. The van der Waals surface area contributed by atoms with Crippen LogP contribution in [0.15, 0.2) is 59.8 Å². The minimum atomic E-state index is -0.813. The Labute approximate surface area is 230 Å². The summed E-state index contributed by atoms with van der Waals surface area (Å²) in [5, 5.41) is 41.4. The summed E-state index contributed by atoms with van der Waals surface area (Å²) in [5.41, 5.74) is 1.37. The zero-order chi connectivity index (χ0) is 28.8. The predicted molar refractivity (Wildman–Crippen MR) is 154 cm³/mol. The van der Waals surface area contributed by atoms with Crippen LogP contribution in [0.1, 0.15) is 80.6 Å². The molecule has 0 radical (unpaired) electrons. The predicted octanol–water partition coefficient (Wildman–Crippen LogP) is 5.43. The van der Waals surface area contributed by atoms with Crippen LogP contribution < -0.4 is 0 Å². The van der Waals surface area contributed by atoms with Gasteiger partial charge in [-0.3, -0.25) is 0 Å². The van der Waals surface area contributed by atoms with Crippen molar-refractivity contribution in [3.8, 4) is 0 Å². The number of aliphatic hydroxyl groups is 4. The van der Waals surface area contributed by atoms with E-state index in [2.05, 4.69) is 6.08 Å². The lowest BCUT2D eigenvalue weighted by Crippen LogP contribution is -2.38. The Morgan fingerprint density at radius 2 is 1.58 bits per heavy atom. The quantitative estimate of drug-likeness (QED) is 0.245. The number of carbonyl (C=O) groups is 1. The smallest absolute Gasteiger partial charge is 0.334 e. The van der Waals surface area contributed by atoms with Gasteiger partial charge in [0.25, 0.3) is 0 Å². The van der Waals surface area contributed by atoms with Gasteiger partial charge in [-0.05, 0) is 58.4 Å². The van der Waals surface area contributed by atoms with Crippen LogP contribution in [-0.2, 0) is 9.53 Å². The van der Waals surface area contributed by atoms with Crippen molar-refractivity contribution in [3.63, 3.8) is 0 Å². The molecule has 1 aliphatic rings. The molecule has 216 valence electrons. The van der Waals surface area contributed by atoms with Crippen molar-refractivity contribution in [2.75, 3.05) is 0 Å². The number of rotatable bonds is 8. The second-order valence-corrected chi connectivity index (χ2v) is 11.2. The molecule has 1 heterocycles. The van der Waals surface area contributed by atoms with Crippen molar-refractivity contribution >= 4 is 5.97 Å². The molecule has 0 spiro atoms. The summed E-state index contributed by atoms with van der Waals surface area (Å²) >= 11 is 0. The summed E-state index contributed by atoms with van der Waals surface area (Å²) < 4.78 is 5.94. The number of hydrogen-bond donors (Lipinski definition) is 4. The van der Waals surface area contributed by atoms with Crippen molar-refractivity contribution in [1.29, 1.82) is 0 Å². The monoisotopic (exact) mass is 532 g/mol. The maximum absolute atomic E-state index is 13.0. The van der Waals surface area contributed by atoms with Crippen molar-refractivity contribution in [3.05, 3.63) is 59.8 Å². The highest BCUT2D eigenvalue weighted by Gasteiger charge is 2.30. The summed E-state index contributed by atoms with van der Waals surface area (Å²) in [5.74, 6) is -1.22. The third-order valence-electron chi connectivity index (χ3n) is 7.67. The van der Waals surface area contributed by atoms with E-state index in [9.17, 15) is 25.2 Å². The van der Waals surface area contributed by atoms with Gasteiger partial charge in [0.15, 0.2) is 0 Å². The van der Waals surface area contributed by atoms with Gasteiger partial charge in [0.1, 0.15) is 6.10 Å². The highest BCUT2D eigenvalue weighted by atomic mass is 16.5. The Morgan fingerprint density at radius 3 is 2.24 bits per heavy atom. The van der Waals surface area contributed by atoms with Gasteiger partial charge in [-0.2, -0.15) is 0 Å². The molecular formula is C32H52O6. The second kappa shape index (κ2) is 17.6. The number of cyclic esters (lactones) is 1. The van der Waals surface area contributed by atoms with E-state index in [-0.39, 0.29) is 35.7 Å². The van der Waals surface area contributed by atoms with Gasteiger partial charge in [0.2, 0.25) is 0 Å². The molecule has 1 rings (SSSR count). The van der Waals surface area contributed by atoms with E-state index >= 15 is 0 Å². The number of carbonyl (C=O) groups excluding carboxylic acids is 1. The lowest BCUT2D eigenvalue weighted by Gasteiger charge is -2.31. The zero-order valence-corrected chi connectivity index (χ0v) is 24.5. The van der Waals surface area contributed by atoms with Gasteiger partial charge >= 0.3 is 5.97 Å². The number of esters is 1.